The third kappa shape index (κ3) is 6.74. The lowest BCUT2D eigenvalue weighted by Crippen LogP contribution is -2.52. The molecule has 4 bridgehead atoms. The normalized spacial score (nSPS) is 26.5. The van der Waals surface area contributed by atoms with E-state index in [2.05, 4.69) is 4.81 Å². The van der Waals surface area contributed by atoms with E-state index in [0.717, 1.165) is 66.9 Å². The average molecular weight is 644 g/mol. The van der Waals surface area contributed by atoms with Gasteiger partial charge in [0.1, 0.15) is 28.8 Å². The lowest BCUT2D eigenvalue weighted by atomic mass is 9.79. The zero-order valence-corrected chi connectivity index (χ0v) is 27.2. The summed E-state index contributed by atoms with van der Waals surface area (Å²) in [4.78, 5) is 25.7. The third-order valence-electron chi connectivity index (χ3n) is 10.4. The van der Waals surface area contributed by atoms with E-state index in [-0.39, 0.29) is 17.6 Å². The van der Waals surface area contributed by atoms with Crippen LogP contribution in [0.5, 0.6) is 23.0 Å². The van der Waals surface area contributed by atoms with Crippen molar-refractivity contribution in [1.82, 2.24) is 4.81 Å². The van der Waals surface area contributed by atoms with Crippen molar-refractivity contribution in [2.24, 2.45) is 11.8 Å². The SMILES string of the molecule is COc1cc2ccc(OC3CC4CC[C@@H](C3)N4B(C)O)cc2oc1=O.COc1cc2ccc(OC3C[C@H]4CC[C@@H](C3)C4)cc2oc1=O. The Bertz CT molecular complexity index is 1830. The zero-order chi connectivity index (χ0) is 32.7. The molecule has 11 heteroatoms. The van der Waals surface area contributed by atoms with Crippen LogP contribution in [0.1, 0.15) is 57.8 Å². The molecule has 4 fully saturated rings. The van der Waals surface area contributed by atoms with Gasteiger partial charge in [-0.3, -0.25) is 0 Å². The molecule has 6 atom stereocenters. The Kier molecular flexibility index (Phi) is 8.94. The van der Waals surface area contributed by atoms with Gasteiger partial charge < -0.3 is 37.6 Å². The quantitative estimate of drug-likeness (QED) is 0.188. The summed E-state index contributed by atoms with van der Waals surface area (Å²) in [6.45, 7) is 1.84. The molecule has 0 radical (unpaired) electrons. The smallest absolute Gasteiger partial charge is 0.379 e. The largest absolute Gasteiger partial charge is 0.490 e. The lowest BCUT2D eigenvalue weighted by Gasteiger charge is -2.39. The van der Waals surface area contributed by atoms with Gasteiger partial charge in [-0.15, -0.1) is 0 Å². The monoisotopic (exact) mass is 643 g/mol. The second-order valence-corrected chi connectivity index (χ2v) is 13.5. The average Bonchev–Trinajstić information content (AvgIpc) is 3.54. The number of rotatable bonds is 7. The van der Waals surface area contributed by atoms with E-state index in [9.17, 15) is 14.6 Å². The minimum atomic E-state index is -0.490. The summed E-state index contributed by atoms with van der Waals surface area (Å²) in [5, 5.41) is 11.6. The first kappa shape index (κ1) is 31.6. The van der Waals surface area contributed by atoms with E-state index in [4.69, 9.17) is 27.8 Å². The van der Waals surface area contributed by atoms with Crippen LogP contribution in [0.3, 0.4) is 0 Å². The first-order valence-corrected chi connectivity index (χ1v) is 16.8. The van der Waals surface area contributed by atoms with Crippen molar-refractivity contribution >= 4 is 29.0 Å². The minimum Gasteiger partial charge on any atom is -0.490 e. The Morgan fingerprint density at radius 3 is 1.60 bits per heavy atom. The molecule has 248 valence electrons. The number of fused-ring (bicyclic) bond motifs is 6. The van der Waals surface area contributed by atoms with Crippen LogP contribution in [0.2, 0.25) is 6.82 Å². The van der Waals surface area contributed by atoms with Crippen LogP contribution in [0.25, 0.3) is 21.9 Å². The van der Waals surface area contributed by atoms with Crippen molar-refractivity contribution < 1.29 is 32.8 Å². The van der Waals surface area contributed by atoms with E-state index >= 15 is 0 Å². The fourth-order valence-electron chi connectivity index (χ4n) is 8.37. The molecule has 8 rings (SSSR count). The molecule has 1 N–H and O–H groups in total. The summed E-state index contributed by atoms with van der Waals surface area (Å²) in [6.07, 6.45) is 10.9. The van der Waals surface area contributed by atoms with Crippen LogP contribution < -0.4 is 30.2 Å². The van der Waals surface area contributed by atoms with Crippen LogP contribution in [-0.2, 0) is 0 Å². The van der Waals surface area contributed by atoms with Gasteiger partial charge in [-0.05, 0) is 100 Å². The van der Waals surface area contributed by atoms with Gasteiger partial charge in [0, 0.05) is 35.0 Å². The second-order valence-electron chi connectivity index (χ2n) is 13.5. The van der Waals surface area contributed by atoms with Crippen molar-refractivity contribution in [1.29, 1.82) is 0 Å². The van der Waals surface area contributed by atoms with Crippen molar-refractivity contribution in [3.63, 3.8) is 0 Å². The predicted octanol–water partition coefficient (Wildman–Crippen LogP) is 6.05. The van der Waals surface area contributed by atoms with Gasteiger partial charge in [0.05, 0.1) is 20.3 Å². The van der Waals surface area contributed by atoms with Crippen LogP contribution in [-0.4, -0.2) is 55.4 Å². The maximum Gasteiger partial charge on any atom is 0.379 e. The van der Waals surface area contributed by atoms with Gasteiger partial charge in [-0.2, -0.15) is 0 Å². The van der Waals surface area contributed by atoms with Crippen LogP contribution in [0, 0.1) is 11.8 Å². The Morgan fingerprint density at radius 1 is 0.681 bits per heavy atom. The highest BCUT2D eigenvalue weighted by Gasteiger charge is 2.44. The highest BCUT2D eigenvalue weighted by atomic mass is 16.5. The summed E-state index contributed by atoms with van der Waals surface area (Å²) < 4.78 is 32.9. The number of piperidine rings is 1. The van der Waals surface area contributed by atoms with E-state index in [0.29, 0.717) is 35.1 Å². The molecule has 2 aromatic heterocycles. The number of benzene rings is 2. The molecule has 4 aliphatic rings. The van der Waals surface area contributed by atoms with Crippen LogP contribution in [0.4, 0.5) is 0 Å². The highest BCUT2D eigenvalue weighted by Crippen LogP contribution is 2.43. The molecule has 0 amide bonds. The molecule has 47 heavy (non-hydrogen) atoms. The van der Waals surface area contributed by atoms with Gasteiger partial charge in [0.25, 0.3) is 0 Å². The summed E-state index contributed by atoms with van der Waals surface area (Å²) in [5.74, 6) is 3.59. The molecular weight excluding hydrogens is 601 g/mol. The number of hydrogen-bond donors (Lipinski definition) is 1. The van der Waals surface area contributed by atoms with Gasteiger partial charge in [-0.1, -0.05) is 12.8 Å². The van der Waals surface area contributed by atoms with Gasteiger partial charge in [-0.25, -0.2) is 9.59 Å². The summed E-state index contributed by atoms with van der Waals surface area (Å²) in [5.41, 5.74) is 0.0908. The molecule has 2 saturated heterocycles. The van der Waals surface area contributed by atoms with Crippen molar-refractivity contribution in [2.75, 3.05) is 14.2 Å². The summed E-state index contributed by atoms with van der Waals surface area (Å²) in [6, 6.07) is 15.3. The molecule has 2 aromatic carbocycles. The standard InChI is InChI=1S/C18H22BNO5.C18H20O4/c1-19(22)20-12-4-5-13(20)9-15(8-12)24-14-6-3-11-7-17(23-2)18(21)25-16(11)10-14;1-20-17-9-13-4-5-14(10-16(13)22-18(17)19)21-15-7-11-2-3-12(6-11)8-15/h3,6-7,10,12-13,15,22H,4-5,8-9H2,1-2H3;4-5,9-12,15H,2-3,6-8H2,1H3/t12-,13?,15?;11-,12+,15?/m0./s1. The van der Waals surface area contributed by atoms with Crippen molar-refractivity contribution in [3.05, 3.63) is 69.4 Å². The topological polar surface area (TPSA) is 121 Å². The van der Waals surface area contributed by atoms with Crippen molar-refractivity contribution in [3.8, 4) is 23.0 Å². The highest BCUT2D eigenvalue weighted by molar-refractivity contribution is 6.45. The Hall–Kier alpha value is -3.96. The molecular formula is C36H42BNO9. The minimum absolute atomic E-state index is 0.120. The third-order valence-corrected chi connectivity index (χ3v) is 10.4. The Morgan fingerprint density at radius 2 is 1.15 bits per heavy atom. The van der Waals surface area contributed by atoms with Gasteiger partial charge in [0.2, 0.25) is 11.5 Å². The molecule has 2 aliphatic carbocycles. The van der Waals surface area contributed by atoms with Crippen molar-refractivity contribution in [2.45, 2.75) is 88.9 Å². The molecule has 3 unspecified atom stereocenters. The first-order chi connectivity index (χ1) is 22.8. The molecule has 2 saturated carbocycles. The molecule has 10 nitrogen and oxygen atoms in total. The Labute approximate surface area is 273 Å². The van der Waals surface area contributed by atoms with E-state index in [1.165, 1.54) is 33.5 Å². The number of ether oxygens (including phenoxy) is 4. The van der Waals surface area contributed by atoms with E-state index in [1.54, 1.807) is 18.2 Å². The number of nitrogens with zero attached hydrogens (tertiary/aromatic N) is 1. The summed E-state index contributed by atoms with van der Waals surface area (Å²) >= 11 is 0. The summed E-state index contributed by atoms with van der Waals surface area (Å²) in [7, 11) is 2.51. The molecule has 2 aliphatic heterocycles. The molecule has 4 aromatic rings. The maximum absolute atomic E-state index is 11.8. The first-order valence-electron chi connectivity index (χ1n) is 16.8. The van der Waals surface area contributed by atoms with Crippen LogP contribution >= 0.6 is 0 Å². The maximum atomic E-state index is 11.8. The fourth-order valence-corrected chi connectivity index (χ4v) is 8.37. The lowest BCUT2D eigenvalue weighted by molar-refractivity contribution is 0.0864. The predicted molar refractivity (Wildman–Crippen MR) is 179 cm³/mol. The van der Waals surface area contributed by atoms with E-state index in [1.807, 2.05) is 37.2 Å². The van der Waals surface area contributed by atoms with Gasteiger partial charge >= 0.3 is 18.3 Å². The van der Waals surface area contributed by atoms with Gasteiger partial charge in [0.15, 0.2) is 0 Å². The Balaban J connectivity index is 0.000000151. The zero-order valence-electron chi connectivity index (χ0n) is 27.2. The molecule has 4 heterocycles. The number of hydrogen-bond acceptors (Lipinski definition) is 10. The van der Waals surface area contributed by atoms with Crippen LogP contribution in [0.15, 0.2) is 67.0 Å². The fraction of sp³-hybridized carbons (Fsp3) is 0.500. The second kappa shape index (κ2) is 13.3. The van der Waals surface area contributed by atoms with E-state index < -0.39 is 18.3 Å². The molecule has 0 spiro atoms. The number of methoxy groups -OCH3 is 2.